The molecular weight excluding hydrogens is 331 g/mol. The molecule has 2 aliphatic rings. The maximum atomic E-state index is 11.8. The predicted molar refractivity (Wildman–Crippen MR) is 106 cm³/mol. The Bertz CT molecular complexity index is 791. The molecule has 0 radical (unpaired) electrons. The molecule has 0 amide bonds. The van der Waals surface area contributed by atoms with Crippen LogP contribution in [-0.4, -0.2) is 40.1 Å². The molecule has 4 rings (SSSR count). The van der Waals surface area contributed by atoms with E-state index in [2.05, 4.69) is 55.2 Å². The molecule has 1 aromatic heterocycles. The molecule has 25 heavy (non-hydrogen) atoms. The SMILES string of the molecule is C.C[C@]12CCN(c3ccc(Cn4ncccc4=O)cc3)[C@H]1CN(P)C2. The molecule has 1 aromatic carbocycles. The van der Waals surface area contributed by atoms with Crippen LogP contribution < -0.4 is 10.5 Å². The summed E-state index contributed by atoms with van der Waals surface area (Å²) in [6.45, 7) is 6.30. The van der Waals surface area contributed by atoms with Gasteiger partial charge in [-0.05, 0) is 30.2 Å². The molecule has 0 N–H and O–H groups in total. The van der Waals surface area contributed by atoms with Gasteiger partial charge in [0.2, 0.25) is 0 Å². The largest absolute Gasteiger partial charge is 0.367 e. The van der Waals surface area contributed by atoms with Crippen molar-refractivity contribution in [3.8, 4) is 0 Å². The van der Waals surface area contributed by atoms with E-state index in [4.69, 9.17) is 0 Å². The summed E-state index contributed by atoms with van der Waals surface area (Å²) in [7, 11) is 2.86. The first-order chi connectivity index (χ1) is 11.5. The average molecular weight is 358 g/mol. The topological polar surface area (TPSA) is 41.4 Å². The highest BCUT2D eigenvalue weighted by Gasteiger charge is 2.49. The van der Waals surface area contributed by atoms with Crippen LogP contribution in [0.2, 0.25) is 0 Å². The molecule has 2 saturated heterocycles. The molecule has 134 valence electrons. The van der Waals surface area contributed by atoms with Gasteiger partial charge in [-0.3, -0.25) is 9.46 Å². The van der Waals surface area contributed by atoms with Crippen molar-refractivity contribution in [3.63, 3.8) is 0 Å². The molecule has 2 aliphatic heterocycles. The fraction of sp³-hybridized carbons (Fsp3) is 0.474. The number of fused-ring (bicyclic) bond motifs is 1. The van der Waals surface area contributed by atoms with Crippen molar-refractivity contribution < 1.29 is 0 Å². The molecule has 0 saturated carbocycles. The minimum absolute atomic E-state index is 0. The lowest BCUT2D eigenvalue weighted by molar-refractivity contribution is 0.347. The van der Waals surface area contributed by atoms with Crippen molar-refractivity contribution >= 4 is 15.1 Å². The predicted octanol–water partition coefficient (Wildman–Crippen LogP) is 2.62. The van der Waals surface area contributed by atoms with Crippen LogP contribution >= 0.6 is 9.39 Å². The first kappa shape index (κ1) is 18.1. The summed E-state index contributed by atoms with van der Waals surface area (Å²) in [6.07, 6.45) is 2.89. The van der Waals surface area contributed by atoms with Gasteiger partial charge >= 0.3 is 0 Å². The highest BCUT2D eigenvalue weighted by molar-refractivity contribution is 7.13. The summed E-state index contributed by atoms with van der Waals surface area (Å²) in [4.78, 5) is 14.3. The molecule has 3 heterocycles. The smallest absolute Gasteiger partial charge is 0.267 e. The maximum absolute atomic E-state index is 11.8. The molecular formula is C19H27N4OP. The summed E-state index contributed by atoms with van der Waals surface area (Å²) < 4.78 is 3.85. The van der Waals surface area contributed by atoms with Crippen LogP contribution in [0.3, 0.4) is 0 Å². The molecule has 2 aromatic rings. The van der Waals surface area contributed by atoms with E-state index in [9.17, 15) is 4.79 Å². The first-order valence-electron chi connectivity index (χ1n) is 8.43. The van der Waals surface area contributed by atoms with Gasteiger partial charge in [0, 0.05) is 49.0 Å². The van der Waals surface area contributed by atoms with Gasteiger partial charge in [-0.25, -0.2) is 4.68 Å². The Labute approximate surface area is 151 Å². The Kier molecular flexibility index (Phi) is 4.99. The van der Waals surface area contributed by atoms with E-state index in [0.29, 0.717) is 18.0 Å². The fourth-order valence-electron chi connectivity index (χ4n) is 4.11. The number of hydrogen-bond donors (Lipinski definition) is 0. The molecule has 6 heteroatoms. The highest BCUT2D eigenvalue weighted by Crippen LogP contribution is 2.45. The molecule has 5 nitrogen and oxygen atoms in total. The minimum atomic E-state index is -0.0663. The lowest BCUT2D eigenvalue weighted by atomic mass is 9.85. The van der Waals surface area contributed by atoms with E-state index in [1.165, 1.54) is 16.8 Å². The Hall–Kier alpha value is -1.71. The van der Waals surface area contributed by atoms with Gasteiger partial charge in [-0.2, -0.15) is 5.10 Å². The molecule has 0 aliphatic carbocycles. The molecule has 1 unspecified atom stereocenters. The normalized spacial score (nSPS) is 25.7. The Morgan fingerprint density at radius 2 is 2.04 bits per heavy atom. The van der Waals surface area contributed by atoms with Gasteiger partial charge in [-0.1, -0.05) is 35.9 Å². The average Bonchev–Trinajstić information content (AvgIpc) is 3.02. The van der Waals surface area contributed by atoms with E-state index < -0.39 is 0 Å². The van der Waals surface area contributed by atoms with Gasteiger partial charge in [0.15, 0.2) is 0 Å². The van der Waals surface area contributed by atoms with Crippen LogP contribution in [0.1, 0.15) is 26.3 Å². The summed E-state index contributed by atoms with van der Waals surface area (Å²) >= 11 is 0. The van der Waals surface area contributed by atoms with Crippen LogP contribution in [0.15, 0.2) is 47.4 Å². The molecule has 0 spiro atoms. The third-order valence-electron chi connectivity index (χ3n) is 5.46. The number of hydrogen-bond acceptors (Lipinski definition) is 4. The van der Waals surface area contributed by atoms with Crippen molar-refractivity contribution in [1.29, 1.82) is 0 Å². The quantitative estimate of drug-likeness (QED) is 0.791. The first-order valence-corrected chi connectivity index (χ1v) is 8.94. The zero-order valence-corrected chi connectivity index (χ0v) is 15.1. The van der Waals surface area contributed by atoms with Crippen molar-refractivity contribution in [2.24, 2.45) is 5.41 Å². The van der Waals surface area contributed by atoms with Crippen LogP contribution in [0.5, 0.6) is 0 Å². The zero-order valence-electron chi connectivity index (χ0n) is 13.9. The number of anilines is 1. The zero-order chi connectivity index (χ0) is 16.7. The number of nitrogens with zero attached hydrogens (tertiary/aromatic N) is 4. The Morgan fingerprint density at radius 1 is 1.28 bits per heavy atom. The van der Waals surface area contributed by atoms with E-state index in [0.717, 1.165) is 25.2 Å². The van der Waals surface area contributed by atoms with Gasteiger partial charge in [-0.15, -0.1) is 0 Å². The van der Waals surface area contributed by atoms with Gasteiger partial charge < -0.3 is 4.90 Å². The lowest BCUT2D eigenvalue weighted by Crippen LogP contribution is -2.37. The summed E-state index contributed by atoms with van der Waals surface area (Å²) in [5.41, 5.74) is 2.70. The second kappa shape index (κ2) is 6.89. The van der Waals surface area contributed by atoms with Crippen LogP contribution in [0.25, 0.3) is 0 Å². The Morgan fingerprint density at radius 3 is 2.76 bits per heavy atom. The fourth-order valence-corrected chi connectivity index (χ4v) is 4.73. The number of benzene rings is 1. The van der Waals surface area contributed by atoms with Crippen molar-refractivity contribution in [2.45, 2.75) is 33.4 Å². The van der Waals surface area contributed by atoms with E-state index in [1.807, 2.05) is 0 Å². The summed E-state index contributed by atoms with van der Waals surface area (Å²) in [6, 6.07) is 12.4. The van der Waals surface area contributed by atoms with Gasteiger partial charge in [0.1, 0.15) is 0 Å². The van der Waals surface area contributed by atoms with Gasteiger partial charge in [0.05, 0.1) is 6.54 Å². The van der Waals surface area contributed by atoms with Gasteiger partial charge in [0.25, 0.3) is 5.56 Å². The third kappa shape index (κ3) is 3.36. The second-order valence-electron chi connectivity index (χ2n) is 7.23. The lowest BCUT2D eigenvalue weighted by Gasteiger charge is -2.29. The summed E-state index contributed by atoms with van der Waals surface area (Å²) in [5, 5.41) is 4.12. The summed E-state index contributed by atoms with van der Waals surface area (Å²) in [5.74, 6) is 0. The van der Waals surface area contributed by atoms with Crippen molar-refractivity contribution in [3.05, 3.63) is 58.5 Å². The Balaban J connectivity index is 0.00000182. The molecule has 0 bridgehead atoms. The second-order valence-corrected chi connectivity index (χ2v) is 7.96. The van der Waals surface area contributed by atoms with E-state index in [-0.39, 0.29) is 13.0 Å². The van der Waals surface area contributed by atoms with Crippen LogP contribution in [0, 0.1) is 5.41 Å². The maximum Gasteiger partial charge on any atom is 0.267 e. The van der Waals surface area contributed by atoms with E-state index >= 15 is 0 Å². The third-order valence-corrected chi connectivity index (χ3v) is 5.86. The van der Waals surface area contributed by atoms with E-state index in [1.54, 1.807) is 18.3 Å². The molecule has 3 atom stereocenters. The van der Waals surface area contributed by atoms with Crippen molar-refractivity contribution in [1.82, 2.24) is 14.5 Å². The number of aromatic nitrogens is 2. The minimum Gasteiger partial charge on any atom is -0.367 e. The highest BCUT2D eigenvalue weighted by atomic mass is 31.0. The van der Waals surface area contributed by atoms with Crippen LogP contribution in [-0.2, 0) is 6.54 Å². The standard InChI is InChI=1S/C18H23N4OP.CH4/c1-18-8-10-21(16(18)12-20(24)13-18)15-6-4-14(5-7-15)11-22-17(23)3-2-9-19-22;/h2-7,9,16H,8,10-13,24H2,1H3;1H4/t16-,18+;/m0./s1. The monoisotopic (exact) mass is 358 g/mol. The van der Waals surface area contributed by atoms with Crippen molar-refractivity contribution in [2.75, 3.05) is 24.5 Å². The molecule has 2 fully saturated rings. The van der Waals surface area contributed by atoms with Crippen LogP contribution in [0.4, 0.5) is 5.69 Å². The number of rotatable bonds is 3.